The number of carbonyl (C=O) groups excluding carboxylic acids is 3. The maximum absolute atomic E-state index is 13.5. The Morgan fingerprint density at radius 1 is 0.857 bits per heavy atom. The number of thiazole rings is 1. The van der Waals surface area contributed by atoms with Crippen LogP contribution in [-0.2, 0) is 31.8 Å². The number of sulfonamides is 1. The Bertz CT molecular complexity index is 1910. The number of benzene rings is 3. The van der Waals surface area contributed by atoms with Gasteiger partial charge in [-0.1, -0.05) is 54.6 Å². The molecule has 0 aliphatic carbocycles. The summed E-state index contributed by atoms with van der Waals surface area (Å²) in [5.41, 5.74) is 23.9. The number of amides is 2. The van der Waals surface area contributed by atoms with Crippen molar-refractivity contribution in [2.24, 2.45) is 32.9 Å². The molecule has 2 amide bonds. The highest BCUT2D eigenvalue weighted by Crippen LogP contribution is 2.23. The number of hydrogen-bond donors (Lipinski definition) is 7. The Hall–Kier alpha value is -5.39. The SMILES string of the molecule is NC(N)=NCCC[C@H](NC(=O)CNC(=O)[C@@H](Cc1cccc(N=C(N)N)c1)NS(=O)(=O)Cc1ccccc1)C(=O)c1nc2ccccc2s1. The molecule has 0 aliphatic heterocycles. The van der Waals surface area contributed by atoms with Crippen LogP contribution in [0.25, 0.3) is 10.2 Å². The van der Waals surface area contributed by atoms with E-state index >= 15 is 0 Å². The number of aliphatic imine (C=N–C) groups is 2. The van der Waals surface area contributed by atoms with Gasteiger partial charge in [0.1, 0.15) is 6.04 Å². The maximum Gasteiger partial charge on any atom is 0.239 e. The molecule has 0 radical (unpaired) electrons. The second-order valence-electron chi connectivity index (χ2n) is 11.0. The van der Waals surface area contributed by atoms with Crippen LogP contribution in [0.1, 0.15) is 33.8 Å². The van der Waals surface area contributed by atoms with Crippen LogP contribution in [0, 0.1) is 0 Å². The molecule has 0 fully saturated rings. The smallest absolute Gasteiger partial charge is 0.239 e. The van der Waals surface area contributed by atoms with Crippen molar-refractivity contribution >= 4 is 66.8 Å². The van der Waals surface area contributed by atoms with Crippen LogP contribution in [0.2, 0.25) is 0 Å². The molecule has 0 unspecified atom stereocenters. The Morgan fingerprint density at radius 3 is 2.29 bits per heavy atom. The van der Waals surface area contributed by atoms with Gasteiger partial charge in [0.05, 0.1) is 34.2 Å². The Kier molecular flexibility index (Phi) is 12.7. The van der Waals surface area contributed by atoms with Crippen LogP contribution in [0.4, 0.5) is 5.69 Å². The van der Waals surface area contributed by atoms with Crippen LogP contribution in [0.5, 0.6) is 0 Å². The van der Waals surface area contributed by atoms with E-state index in [1.54, 1.807) is 60.7 Å². The molecular weight excluding hydrogens is 669 g/mol. The molecule has 17 heteroatoms. The predicted molar refractivity (Wildman–Crippen MR) is 190 cm³/mol. The highest BCUT2D eigenvalue weighted by molar-refractivity contribution is 7.88. The molecule has 4 aromatic rings. The average Bonchev–Trinajstić information content (AvgIpc) is 3.49. The number of para-hydroxylation sites is 1. The molecular formula is C32H38N10O5S2. The number of nitrogens with zero attached hydrogens (tertiary/aromatic N) is 3. The number of ketones is 1. The van der Waals surface area contributed by atoms with Gasteiger partial charge in [-0.05, 0) is 54.7 Å². The number of rotatable bonds is 17. The van der Waals surface area contributed by atoms with E-state index in [1.807, 2.05) is 18.2 Å². The van der Waals surface area contributed by atoms with Crippen molar-refractivity contribution in [2.75, 3.05) is 13.1 Å². The zero-order chi connectivity index (χ0) is 35.4. The summed E-state index contributed by atoms with van der Waals surface area (Å²) < 4.78 is 29.6. The Balaban J connectivity index is 1.48. The van der Waals surface area contributed by atoms with Gasteiger partial charge in [-0.25, -0.2) is 23.1 Å². The lowest BCUT2D eigenvalue weighted by molar-refractivity contribution is -0.127. The zero-order valence-electron chi connectivity index (χ0n) is 26.4. The molecule has 1 heterocycles. The maximum atomic E-state index is 13.5. The molecule has 0 bridgehead atoms. The van der Waals surface area contributed by atoms with E-state index in [1.165, 1.54) is 11.3 Å². The summed E-state index contributed by atoms with van der Waals surface area (Å²) in [5.74, 6) is -2.48. The van der Waals surface area contributed by atoms with E-state index < -0.39 is 46.2 Å². The van der Waals surface area contributed by atoms with Crippen molar-refractivity contribution in [1.29, 1.82) is 0 Å². The highest BCUT2D eigenvalue weighted by atomic mass is 32.2. The van der Waals surface area contributed by atoms with Gasteiger partial charge in [0.25, 0.3) is 0 Å². The number of hydrogen-bond acceptors (Lipinski definition) is 9. The molecule has 1 aromatic heterocycles. The number of fused-ring (bicyclic) bond motifs is 1. The van der Waals surface area contributed by atoms with Crippen molar-refractivity contribution in [3.63, 3.8) is 0 Å². The second-order valence-corrected chi connectivity index (χ2v) is 13.7. The minimum Gasteiger partial charge on any atom is -0.370 e. The van der Waals surface area contributed by atoms with E-state index in [0.29, 0.717) is 28.8 Å². The first kappa shape index (κ1) is 36.4. The molecule has 3 aromatic carbocycles. The molecule has 49 heavy (non-hydrogen) atoms. The van der Waals surface area contributed by atoms with Crippen LogP contribution < -0.4 is 38.3 Å². The molecule has 0 aliphatic rings. The first-order valence-corrected chi connectivity index (χ1v) is 17.6. The quantitative estimate of drug-likeness (QED) is 0.0351. The van der Waals surface area contributed by atoms with Gasteiger partial charge in [-0.2, -0.15) is 0 Å². The third-order valence-corrected chi connectivity index (χ3v) is 9.38. The van der Waals surface area contributed by atoms with Crippen molar-refractivity contribution < 1.29 is 22.8 Å². The second kappa shape index (κ2) is 17.1. The lowest BCUT2D eigenvalue weighted by Crippen LogP contribution is -2.51. The lowest BCUT2D eigenvalue weighted by Gasteiger charge is -2.20. The number of aromatic nitrogens is 1. The van der Waals surface area contributed by atoms with Gasteiger partial charge >= 0.3 is 0 Å². The molecule has 2 atom stereocenters. The molecule has 258 valence electrons. The monoisotopic (exact) mass is 706 g/mol. The van der Waals surface area contributed by atoms with Crippen molar-refractivity contribution in [3.8, 4) is 0 Å². The van der Waals surface area contributed by atoms with Crippen LogP contribution in [0.3, 0.4) is 0 Å². The molecule has 4 rings (SSSR count). The number of guanidine groups is 2. The molecule has 0 spiro atoms. The number of carbonyl (C=O) groups is 3. The van der Waals surface area contributed by atoms with Crippen molar-refractivity contribution in [1.82, 2.24) is 20.3 Å². The minimum atomic E-state index is -4.02. The topological polar surface area (TPSA) is 263 Å². The average molecular weight is 707 g/mol. The zero-order valence-corrected chi connectivity index (χ0v) is 28.0. The van der Waals surface area contributed by atoms with Gasteiger partial charge in [-0.3, -0.25) is 19.4 Å². The summed E-state index contributed by atoms with van der Waals surface area (Å²) in [4.78, 5) is 52.4. The Morgan fingerprint density at radius 2 is 1.57 bits per heavy atom. The van der Waals surface area contributed by atoms with Gasteiger partial charge in [-0.15, -0.1) is 11.3 Å². The summed E-state index contributed by atoms with van der Waals surface area (Å²) in [7, 11) is -4.02. The van der Waals surface area contributed by atoms with Crippen LogP contribution in [-0.4, -0.2) is 68.1 Å². The summed E-state index contributed by atoms with van der Waals surface area (Å²) in [6, 6.07) is 20.1. The summed E-state index contributed by atoms with van der Waals surface area (Å²) in [6.07, 6.45) is 0.480. The lowest BCUT2D eigenvalue weighted by atomic mass is 10.1. The van der Waals surface area contributed by atoms with E-state index in [4.69, 9.17) is 22.9 Å². The van der Waals surface area contributed by atoms with E-state index in [9.17, 15) is 22.8 Å². The highest BCUT2D eigenvalue weighted by Gasteiger charge is 2.28. The van der Waals surface area contributed by atoms with Crippen LogP contribution in [0.15, 0.2) is 88.8 Å². The largest absolute Gasteiger partial charge is 0.370 e. The van der Waals surface area contributed by atoms with E-state index in [-0.39, 0.29) is 42.1 Å². The Labute approximate surface area is 287 Å². The summed E-state index contributed by atoms with van der Waals surface area (Å²) in [6.45, 7) is -0.310. The van der Waals surface area contributed by atoms with Crippen LogP contribution >= 0.6 is 11.3 Å². The molecule has 0 saturated heterocycles. The van der Waals surface area contributed by atoms with Gasteiger partial charge in [0.15, 0.2) is 16.9 Å². The standard InChI is InChI=1S/C32H38N10O5S2/c33-31(34)37-15-7-13-24(28(44)30-41-23-12-4-5-14-26(23)48-30)40-27(43)18-38-29(45)25(17-21-10-6-11-22(16-21)39-32(35)36)42-49(46,47)19-20-8-2-1-3-9-20/h1-6,8-12,14,16,24-25,42H,7,13,15,17-19H2,(H,38,45)(H,40,43)(H4,33,34,37)(H4,35,36,39)/t24-,25+/m0/s1. The fourth-order valence-electron chi connectivity index (χ4n) is 4.81. The van der Waals surface area contributed by atoms with Gasteiger partial charge in [0.2, 0.25) is 27.6 Å². The molecule has 0 saturated carbocycles. The van der Waals surface area contributed by atoms with Gasteiger partial charge < -0.3 is 33.6 Å². The van der Waals surface area contributed by atoms with Crippen molar-refractivity contribution in [2.45, 2.75) is 37.1 Å². The predicted octanol–water partition coefficient (Wildman–Crippen LogP) is 0.769. The first-order chi connectivity index (χ1) is 23.4. The van der Waals surface area contributed by atoms with Gasteiger partial charge in [0, 0.05) is 6.54 Å². The minimum absolute atomic E-state index is 0.0845. The normalized spacial score (nSPS) is 12.4. The number of nitrogens with two attached hydrogens (primary N) is 4. The molecule has 15 nitrogen and oxygen atoms in total. The third kappa shape index (κ3) is 11.7. The van der Waals surface area contributed by atoms with Crippen molar-refractivity contribution in [3.05, 3.63) is 95.0 Å². The fourth-order valence-corrected chi connectivity index (χ4v) is 7.11. The third-order valence-electron chi connectivity index (χ3n) is 6.97. The first-order valence-electron chi connectivity index (χ1n) is 15.1. The fraction of sp³-hybridized carbons (Fsp3) is 0.250. The number of nitrogens with one attached hydrogen (secondary N) is 3. The molecule has 11 N–H and O–H groups in total. The number of Topliss-reactive ketones (excluding diaryl/α,β-unsaturated/α-hetero) is 1. The summed E-state index contributed by atoms with van der Waals surface area (Å²) in [5, 5.41) is 5.39. The van der Waals surface area contributed by atoms with E-state index in [2.05, 4.69) is 30.3 Å². The van der Waals surface area contributed by atoms with E-state index in [0.717, 1.165) is 4.70 Å². The summed E-state index contributed by atoms with van der Waals surface area (Å²) >= 11 is 1.20.